The number of nitrogens with one attached hydrogen (secondary N) is 1. The van der Waals surface area contributed by atoms with Gasteiger partial charge in [0, 0.05) is 45.6 Å². The highest BCUT2D eigenvalue weighted by atomic mass is 16.3. The minimum atomic E-state index is -0.815. The lowest BCUT2D eigenvalue weighted by Gasteiger charge is -2.38. The van der Waals surface area contributed by atoms with E-state index >= 15 is 0 Å². The van der Waals surface area contributed by atoms with Gasteiger partial charge < -0.3 is 25.1 Å². The molecule has 3 aliphatic heterocycles. The molecule has 0 radical (unpaired) electrons. The van der Waals surface area contributed by atoms with Gasteiger partial charge in [0.1, 0.15) is 12.1 Å². The molecule has 1 aliphatic carbocycles. The summed E-state index contributed by atoms with van der Waals surface area (Å²) in [6.07, 6.45) is 7.12. The summed E-state index contributed by atoms with van der Waals surface area (Å²) in [4.78, 5) is 48.4. The van der Waals surface area contributed by atoms with E-state index in [9.17, 15) is 19.5 Å². The standard InChI is InChI=1S/C42H52N4O4/c47-36-25-38(41(50)45-24-12-22-37(45)40(49)43-27-32-15-11-23-44(29-32)28-31-13-10-14-31)46(30-36)39(48)26-42(33-16-4-1-5-17-33,34-18-6-2-7-19-34)35-20-8-3-9-21-35/h1-9,16-21,31-32,36-38,47H,10-15,22-30H2,(H,43,49)/t32-,36+,37+,38-/m0/s1. The Labute approximate surface area is 296 Å². The number of aliphatic hydroxyl groups excluding tert-OH is 1. The van der Waals surface area contributed by atoms with Crippen molar-refractivity contribution in [3.05, 3.63) is 108 Å². The molecule has 1 saturated carbocycles. The van der Waals surface area contributed by atoms with Gasteiger partial charge in [-0.1, -0.05) is 97.4 Å². The van der Waals surface area contributed by atoms with Crippen LogP contribution in [0.5, 0.6) is 0 Å². The van der Waals surface area contributed by atoms with E-state index in [2.05, 4.69) is 46.6 Å². The highest BCUT2D eigenvalue weighted by molar-refractivity contribution is 5.93. The third-order valence-corrected chi connectivity index (χ3v) is 11.8. The SMILES string of the molecule is O=C(NC[C@@H]1CCCN(CC2CCC2)C1)[C@H]1CCCN1C(=O)[C@@H]1C[C@@H](O)CN1C(=O)CC(c1ccccc1)(c1ccccc1)c1ccccc1. The predicted octanol–water partition coefficient (Wildman–Crippen LogP) is 4.99. The van der Waals surface area contributed by atoms with Gasteiger partial charge >= 0.3 is 0 Å². The van der Waals surface area contributed by atoms with E-state index in [1.165, 1.54) is 25.8 Å². The van der Waals surface area contributed by atoms with Gasteiger partial charge in [0.15, 0.2) is 0 Å². The molecular weight excluding hydrogens is 624 g/mol. The minimum Gasteiger partial charge on any atom is -0.391 e. The fraction of sp³-hybridized carbons (Fsp3) is 0.500. The lowest BCUT2D eigenvalue weighted by Crippen LogP contribution is -2.54. The molecule has 0 aromatic heterocycles. The van der Waals surface area contributed by atoms with Gasteiger partial charge in [0.05, 0.1) is 11.5 Å². The molecule has 3 amide bonds. The Bertz CT molecular complexity index is 1500. The molecule has 4 aliphatic rings. The summed E-state index contributed by atoms with van der Waals surface area (Å²) < 4.78 is 0. The quantitative estimate of drug-likeness (QED) is 0.279. The molecule has 264 valence electrons. The summed E-state index contributed by atoms with van der Waals surface area (Å²) in [6, 6.07) is 28.8. The van der Waals surface area contributed by atoms with Crippen LogP contribution in [-0.4, -0.2) is 95.0 Å². The van der Waals surface area contributed by atoms with Crippen LogP contribution in [0.4, 0.5) is 0 Å². The molecule has 3 aromatic carbocycles. The molecule has 4 fully saturated rings. The Kier molecular flexibility index (Phi) is 10.7. The average molecular weight is 677 g/mol. The van der Waals surface area contributed by atoms with Crippen molar-refractivity contribution in [3.8, 4) is 0 Å². The third kappa shape index (κ3) is 7.24. The first-order chi connectivity index (χ1) is 24.4. The van der Waals surface area contributed by atoms with E-state index in [-0.39, 0.29) is 37.1 Å². The zero-order chi connectivity index (χ0) is 34.5. The molecule has 2 N–H and O–H groups in total. The third-order valence-electron chi connectivity index (χ3n) is 11.8. The molecule has 0 bridgehead atoms. The van der Waals surface area contributed by atoms with Crippen molar-refractivity contribution >= 4 is 17.7 Å². The fourth-order valence-electron chi connectivity index (χ4n) is 9.01. The maximum absolute atomic E-state index is 14.6. The molecule has 4 atom stereocenters. The highest BCUT2D eigenvalue weighted by Crippen LogP contribution is 2.43. The Balaban J connectivity index is 1.07. The molecule has 8 nitrogen and oxygen atoms in total. The van der Waals surface area contributed by atoms with Gasteiger partial charge in [-0.25, -0.2) is 0 Å². The van der Waals surface area contributed by atoms with E-state index < -0.39 is 23.6 Å². The van der Waals surface area contributed by atoms with Crippen LogP contribution in [-0.2, 0) is 19.8 Å². The maximum atomic E-state index is 14.6. The van der Waals surface area contributed by atoms with Gasteiger partial charge in [-0.15, -0.1) is 0 Å². The molecule has 8 heteroatoms. The number of nitrogens with zero attached hydrogens (tertiary/aromatic N) is 3. The Hall–Kier alpha value is -4.01. The van der Waals surface area contributed by atoms with Crippen molar-refractivity contribution in [3.63, 3.8) is 0 Å². The molecular formula is C42H52N4O4. The Morgan fingerprint density at radius 3 is 1.84 bits per heavy atom. The molecule has 0 spiro atoms. The number of amides is 3. The van der Waals surface area contributed by atoms with Gasteiger partial charge in [-0.05, 0) is 73.6 Å². The van der Waals surface area contributed by atoms with Crippen LogP contribution in [0, 0.1) is 11.8 Å². The summed E-state index contributed by atoms with van der Waals surface area (Å²) in [5.74, 6) is 0.741. The normalized spacial score (nSPS) is 24.6. The fourth-order valence-corrected chi connectivity index (χ4v) is 9.01. The van der Waals surface area contributed by atoms with E-state index in [0.717, 1.165) is 55.0 Å². The summed E-state index contributed by atoms with van der Waals surface area (Å²) in [6.45, 7) is 4.56. The number of hydrogen-bond donors (Lipinski definition) is 2. The second-order valence-electron chi connectivity index (χ2n) is 15.1. The van der Waals surface area contributed by atoms with Crippen LogP contribution in [0.25, 0.3) is 0 Å². The van der Waals surface area contributed by atoms with Crippen LogP contribution in [0.3, 0.4) is 0 Å². The Morgan fingerprint density at radius 1 is 0.680 bits per heavy atom. The van der Waals surface area contributed by atoms with E-state index in [0.29, 0.717) is 25.4 Å². The van der Waals surface area contributed by atoms with Gasteiger partial charge in [0.2, 0.25) is 17.7 Å². The van der Waals surface area contributed by atoms with Gasteiger partial charge in [0.25, 0.3) is 0 Å². The first-order valence-corrected chi connectivity index (χ1v) is 18.9. The number of benzene rings is 3. The van der Waals surface area contributed by atoms with Crippen molar-refractivity contribution in [1.82, 2.24) is 20.0 Å². The predicted molar refractivity (Wildman–Crippen MR) is 194 cm³/mol. The second-order valence-corrected chi connectivity index (χ2v) is 15.1. The van der Waals surface area contributed by atoms with E-state index in [1.807, 2.05) is 54.6 Å². The second kappa shape index (κ2) is 15.5. The number of carbonyl (C=O) groups is 3. The van der Waals surface area contributed by atoms with Crippen LogP contribution >= 0.6 is 0 Å². The molecule has 3 aromatic rings. The number of rotatable bonds is 11. The largest absolute Gasteiger partial charge is 0.391 e. The smallest absolute Gasteiger partial charge is 0.246 e. The number of β-amino-alcohol motifs (C(OH)–C–C–N with tert-alkyl or cyclic N) is 1. The van der Waals surface area contributed by atoms with Crippen LogP contribution in [0.15, 0.2) is 91.0 Å². The first kappa shape index (κ1) is 34.4. The number of hydrogen-bond acceptors (Lipinski definition) is 5. The molecule has 50 heavy (non-hydrogen) atoms. The zero-order valence-electron chi connectivity index (χ0n) is 29.2. The van der Waals surface area contributed by atoms with Crippen LogP contribution in [0.2, 0.25) is 0 Å². The summed E-state index contributed by atoms with van der Waals surface area (Å²) in [5, 5.41) is 14.1. The van der Waals surface area contributed by atoms with E-state index in [4.69, 9.17) is 0 Å². The van der Waals surface area contributed by atoms with Gasteiger partial charge in [-0.3, -0.25) is 14.4 Å². The number of aliphatic hydroxyl groups is 1. The molecule has 0 unspecified atom stereocenters. The lowest BCUT2D eigenvalue weighted by atomic mass is 9.67. The van der Waals surface area contributed by atoms with Crippen molar-refractivity contribution in [2.45, 2.75) is 81.4 Å². The molecule has 3 saturated heterocycles. The topological polar surface area (TPSA) is 93.2 Å². The number of carbonyl (C=O) groups excluding carboxylic acids is 3. The summed E-state index contributed by atoms with van der Waals surface area (Å²) in [5.41, 5.74) is 2.13. The monoisotopic (exact) mass is 676 g/mol. The highest BCUT2D eigenvalue weighted by Gasteiger charge is 2.47. The van der Waals surface area contributed by atoms with Crippen molar-refractivity contribution in [2.24, 2.45) is 11.8 Å². The van der Waals surface area contributed by atoms with Crippen molar-refractivity contribution < 1.29 is 19.5 Å². The van der Waals surface area contributed by atoms with E-state index in [1.54, 1.807) is 9.80 Å². The molecule has 7 rings (SSSR count). The average Bonchev–Trinajstić information content (AvgIpc) is 3.80. The van der Waals surface area contributed by atoms with Crippen molar-refractivity contribution in [2.75, 3.05) is 39.3 Å². The number of piperidine rings is 1. The van der Waals surface area contributed by atoms with Crippen LogP contribution < -0.4 is 5.32 Å². The van der Waals surface area contributed by atoms with Crippen LogP contribution in [0.1, 0.15) is 74.5 Å². The van der Waals surface area contributed by atoms with Crippen molar-refractivity contribution in [1.29, 1.82) is 0 Å². The zero-order valence-corrected chi connectivity index (χ0v) is 29.2. The minimum absolute atomic E-state index is 0.0879. The lowest BCUT2D eigenvalue weighted by molar-refractivity contribution is -0.147. The molecule has 3 heterocycles. The number of likely N-dealkylation sites (tertiary alicyclic amines) is 3. The van der Waals surface area contributed by atoms with Gasteiger partial charge in [-0.2, -0.15) is 0 Å². The first-order valence-electron chi connectivity index (χ1n) is 18.9. The Morgan fingerprint density at radius 2 is 1.26 bits per heavy atom. The summed E-state index contributed by atoms with van der Waals surface area (Å²) >= 11 is 0. The maximum Gasteiger partial charge on any atom is 0.246 e. The summed E-state index contributed by atoms with van der Waals surface area (Å²) in [7, 11) is 0.